The van der Waals surface area contributed by atoms with E-state index >= 15 is 0 Å². The van der Waals surface area contributed by atoms with Gasteiger partial charge in [0.05, 0.1) is 13.2 Å². The molecule has 2 aromatic heterocycles. The van der Waals surface area contributed by atoms with Gasteiger partial charge in [0.2, 0.25) is 5.89 Å². The highest BCUT2D eigenvalue weighted by molar-refractivity contribution is 8.03. The number of carboxylic acid groups (broad SMARTS) is 1. The number of thioether (sulfide) groups is 1. The molecule has 128 valence electrons. The minimum Gasteiger partial charge on any atom is -0.477 e. The Bertz CT molecular complexity index is 733. The Balaban J connectivity index is 1.75. The SMILES string of the molecule is CCc1nnc(S/C(=C\c2ccc(N3CCOCC3)o2)C(=O)O)o1. The average molecular weight is 351 g/mol. The van der Waals surface area contributed by atoms with Gasteiger partial charge in [-0.3, -0.25) is 0 Å². The van der Waals surface area contributed by atoms with Crippen molar-refractivity contribution in [2.45, 2.75) is 18.6 Å². The molecule has 24 heavy (non-hydrogen) atoms. The number of furan rings is 1. The summed E-state index contributed by atoms with van der Waals surface area (Å²) in [5.74, 6) is 0.539. The van der Waals surface area contributed by atoms with Gasteiger partial charge in [0, 0.05) is 31.7 Å². The summed E-state index contributed by atoms with van der Waals surface area (Å²) >= 11 is 0.900. The second-order valence-corrected chi connectivity index (χ2v) is 6.00. The topological polar surface area (TPSA) is 102 Å². The Morgan fingerprint density at radius 3 is 2.79 bits per heavy atom. The van der Waals surface area contributed by atoms with Gasteiger partial charge < -0.3 is 23.6 Å². The molecule has 0 saturated carbocycles. The first-order chi connectivity index (χ1) is 11.7. The number of ether oxygens (including phenoxy) is 1. The van der Waals surface area contributed by atoms with Gasteiger partial charge in [-0.15, -0.1) is 10.2 Å². The minimum absolute atomic E-state index is 0.0455. The first kappa shape index (κ1) is 16.6. The summed E-state index contributed by atoms with van der Waals surface area (Å²) in [7, 11) is 0. The van der Waals surface area contributed by atoms with Crippen LogP contribution in [0.15, 0.2) is 31.1 Å². The molecule has 1 aliphatic heterocycles. The van der Waals surface area contributed by atoms with Crippen LogP contribution >= 0.6 is 11.8 Å². The van der Waals surface area contributed by atoms with Gasteiger partial charge in [-0.05, 0) is 17.8 Å². The van der Waals surface area contributed by atoms with Gasteiger partial charge in [-0.25, -0.2) is 4.79 Å². The Morgan fingerprint density at radius 1 is 1.33 bits per heavy atom. The molecule has 1 saturated heterocycles. The Morgan fingerprint density at radius 2 is 2.12 bits per heavy atom. The van der Waals surface area contributed by atoms with Gasteiger partial charge >= 0.3 is 5.97 Å². The number of aryl methyl sites for hydroxylation is 1. The van der Waals surface area contributed by atoms with Crippen LogP contribution in [0.25, 0.3) is 6.08 Å². The van der Waals surface area contributed by atoms with Crippen molar-refractivity contribution in [1.29, 1.82) is 0 Å². The van der Waals surface area contributed by atoms with Crippen LogP contribution < -0.4 is 4.90 Å². The van der Waals surface area contributed by atoms with Crippen LogP contribution in [0.3, 0.4) is 0 Å². The van der Waals surface area contributed by atoms with Gasteiger partial charge in [-0.2, -0.15) is 0 Å². The van der Waals surface area contributed by atoms with E-state index in [1.54, 1.807) is 6.07 Å². The number of nitrogens with zero attached hydrogens (tertiary/aromatic N) is 3. The lowest BCUT2D eigenvalue weighted by molar-refractivity contribution is -0.131. The molecule has 9 heteroatoms. The van der Waals surface area contributed by atoms with E-state index in [1.165, 1.54) is 6.08 Å². The lowest BCUT2D eigenvalue weighted by Crippen LogP contribution is -2.35. The molecular weight excluding hydrogens is 334 g/mol. The number of carboxylic acids is 1. The van der Waals surface area contributed by atoms with E-state index in [2.05, 4.69) is 15.1 Å². The monoisotopic (exact) mass is 351 g/mol. The fourth-order valence-electron chi connectivity index (χ4n) is 2.15. The molecule has 1 aliphatic rings. The van der Waals surface area contributed by atoms with Crippen LogP contribution in [0, 0.1) is 0 Å². The number of hydrogen-bond acceptors (Lipinski definition) is 8. The summed E-state index contributed by atoms with van der Waals surface area (Å²) in [4.78, 5) is 13.5. The number of rotatable bonds is 6. The molecule has 0 spiro atoms. The number of aromatic nitrogens is 2. The van der Waals surface area contributed by atoms with Crippen LogP contribution in [-0.4, -0.2) is 47.6 Å². The van der Waals surface area contributed by atoms with E-state index in [9.17, 15) is 9.90 Å². The Labute approximate surface area is 142 Å². The summed E-state index contributed by atoms with van der Waals surface area (Å²) in [6.45, 7) is 4.68. The normalized spacial score (nSPS) is 15.7. The average Bonchev–Trinajstić information content (AvgIpc) is 3.24. The molecule has 0 aromatic carbocycles. The number of morpholine rings is 1. The van der Waals surface area contributed by atoms with E-state index in [0.717, 1.165) is 24.9 Å². The largest absolute Gasteiger partial charge is 0.477 e. The highest BCUT2D eigenvalue weighted by Gasteiger charge is 2.17. The first-order valence-corrected chi connectivity index (χ1v) is 8.35. The summed E-state index contributed by atoms with van der Waals surface area (Å²) < 4.78 is 16.4. The maximum absolute atomic E-state index is 11.4. The highest BCUT2D eigenvalue weighted by Crippen LogP contribution is 2.29. The summed E-state index contributed by atoms with van der Waals surface area (Å²) in [6.07, 6.45) is 2.05. The molecule has 0 amide bonds. The molecule has 2 aromatic rings. The van der Waals surface area contributed by atoms with Crippen LogP contribution in [0.4, 0.5) is 5.88 Å². The predicted octanol–water partition coefficient (Wildman–Crippen LogP) is 2.28. The van der Waals surface area contributed by atoms with Crippen LogP contribution in [-0.2, 0) is 16.0 Å². The predicted molar refractivity (Wildman–Crippen MR) is 86.9 cm³/mol. The lowest BCUT2D eigenvalue weighted by atomic mass is 10.4. The zero-order valence-electron chi connectivity index (χ0n) is 13.1. The van der Waals surface area contributed by atoms with E-state index in [-0.39, 0.29) is 10.1 Å². The van der Waals surface area contributed by atoms with Crippen LogP contribution in [0.1, 0.15) is 18.6 Å². The van der Waals surface area contributed by atoms with Gasteiger partial charge in [0.25, 0.3) is 5.22 Å². The lowest BCUT2D eigenvalue weighted by Gasteiger charge is -2.26. The molecule has 0 aliphatic carbocycles. The number of hydrogen-bond donors (Lipinski definition) is 1. The third kappa shape index (κ3) is 3.98. The van der Waals surface area contributed by atoms with Crippen molar-refractivity contribution in [3.05, 3.63) is 28.7 Å². The van der Waals surface area contributed by atoms with E-state index in [4.69, 9.17) is 13.6 Å². The quantitative estimate of drug-likeness (QED) is 0.620. The van der Waals surface area contributed by atoms with E-state index in [1.807, 2.05) is 13.0 Å². The van der Waals surface area contributed by atoms with Crippen molar-refractivity contribution >= 4 is 29.7 Å². The zero-order valence-corrected chi connectivity index (χ0v) is 13.9. The Hall–Kier alpha value is -2.26. The highest BCUT2D eigenvalue weighted by atomic mass is 32.2. The third-order valence-corrected chi connectivity index (χ3v) is 4.22. The van der Waals surface area contributed by atoms with Gasteiger partial charge in [0.15, 0.2) is 5.88 Å². The molecule has 3 heterocycles. The van der Waals surface area contributed by atoms with E-state index < -0.39 is 5.97 Å². The molecular formula is C15H17N3O5S. The first-order valence-electron chi connectivity index (χ1n) is 7.53. The smallest absolute Gasteiger partial charge is 0.342 e. The molecule has 0 unspecified atom stereocenters. The maximum Gasteiger partial charge on any atom is 0.342 e. The van der Waals surface area contributed by atoms with Crippen LogP contribution in [0.5, 0.6) is 0 Å². The molecule has 3 rings (SSSR count). The minimum atomic E-state index is -1.08. The number of carbonyl (C=O) groups is 1. The van der Waals surface area contributed by atoms with E-state index in [0.29, 0.717) is 37.2 Å². The van der Waals surface area contributed by atoms with Gasteiger partial charge in [-0.1, -0.05) is 6.92 Å². The van der Waals surface area contributed by atoms with Crippen molar-refractivity contribution < 1.29 is 23.5 Å². The van der Waals surface area contributed by atoms with Crippen molar-refractivity contribution in [2.75, 3.05) is 31.2 Å². The molecule has 1 fully saturated rings. The van der Waals surface area contributed by atoms with Crippen LogP contribution in [0.2, 0.25) is 0 Å². The third-order valence-electron chi connectivity index (χ3n) is 3.37. The second-order valence-electron chi connectivity index (χ2n) is 5.01. The molecule has 0 bridgehead atoms. The molecule has 8 nitrogen and oxygen atoms in total. The van der Waals surface area contributed by atoms with Crippen molar-refractivity contribution in [3.8, 4) is 0 Å². The van der Waals surface area contributed by atoms with Crippen molar-refractivity contribution in [1.82, 2.24) is 10.2 Å². The summed E-state index contributed by atoms with van der Waals surface area (Å²) in [6, 6.07) is 3.56. The Kier molecular flexibility index (Phi) is 5.21. The fourth-order valence-corrected chi connectivity index (χ4v) is 2.82. The molecule has 0 radical (unpaired) electrons. The van der Waals surface area contributed by atoms with Crippen molar-refractivity contribution in [2.24, 2.45) is 0 Å². The molecule has 1 N–H and O–H groups in total. The number of anilines is 1. The maximum atomic E-state index is 11.4. The summed E-state index contributed by atoms with van der Waals surface area (Å²) in [5.41, 5.74) is 0. The zero-order chi connectivity index (χ0) is 16.9. The second kappa shape index (κ2) is 7.54. The standard InChI is InChI=1S/C15H17N3O5S/c1-2-12-16-17-15(23-12)24-11(14(19)20)9-10-3-4-13(22-10)18-5-7-21-8-6-18/h3-4,9H,2,5-8H2,1H3,(H,19,20)/b11-9-. The van der Waals surface area contributed by atoms with Crippen molar-refractivity contribution in [3.63, 3.8) is 0 Å². The summed E-state index contributed by atoms with van der Waals surface area (Å²) in [5, 5.41) is 17.2. The number of aliphatic carboxylic acids is 1. The fraction of sp³-hybridized carbons (Fsp3) is 0.400. The molecule has 0 atom stereocenters. The van der Waals surface area contributed by atoms with Gasteiger partial charge in [0.1, 0.15) is 10.7 Å².